The van der Waals surface area contributed by atoms with Crippen LogP contribution in [0.4, 0.5) is 0 Å². The summed E-state index contributed by atoms with van der Waals surface area (Å²) in [6.45, 7) is 0. The van der Waals surface area contributed by atoms with Crippen LogP contribution in [0.25, 0.3) is 11.4 Å². The van der Waals surface area contributed by atoms with Crippen LogP contribution in [-0.4, -0.2) is 22.1 Å². The van der Waals surface area contributed by atoms with Crippen molar-refractivity contribution in [3.63, 3.8) is 0 Å². The second kappa shape index (κ2) is 4.53. The Balaban J connectivity index is 2.03. The van der Waals surface area contributed by atoms with Gasteiger partial charge in [-0.05, 0) is 25.3 Å². The summed E-state index contributed by atoms with van der Waals surface area (Å²) < 4.78 is 5.02. The zero-order valence-corrected chi connectivity index (χ0v) is 10.7. The van der Waals surface area contributed by atoms with E-state index < -0.39 is 0 Å². The number of ether oxygens (including phenoxy) is 1. The zero-order valence-electron chi connectivity index (χ0n) is 9.98. The molecule has 2 aromatic rings. The summed E-state index contributed by atoms with van der Waals surface area (Å²) >= 11 is 6.19. The molecule has 0 saturated heterocycles. The Labute approximate surface area is 110 Å². The van der Waals surface area contributed by atoms with Crippen molar-refractivity contribution < 1.29 is 4.74 Å². The standard InChI is InChI=1S/C13H12ClN3O/c1-18-11-6-5-8(7-15-11)13-16-10-4-2-3-9(10)12(14)17-13/h5-7H,2-4H2,1H3. The predicted octanol–water partition coefficient (Wildman–Crippen LogP) is 2.69. The number of nitrogens with zero attached hydrogens (tertiary/aromatic N) is 3. The van der Waals surface area contributed by atoms with Crippen LogP contribution in [0, 0.1) is 0 Å². The molecule has 1 aliphatic carbocycles. The van der Waals surface area contributed by atoms with Crippen molar-refractivity contribution in [1.82, 2.24) is 15.0 Å². The number of hydrogen-bond donors (Lipinski definition) is 0. The van der Waals surface area contributed by atoms with E-state index in [1.54, 1.807) is 19.4 Å². The number of aryl methyl sites for hydroxylation is 1. The number of aromatic nitrogens is 3. The molecule has 0 radical (unpaired) electrons. The molecule has 5 heteroatoms. The van der Waals surface area contributed by atoms with Crippen molar-refractivity contribution in [2.75, 3.05) is 7.11 Å². The van der Waals surface area contributed by atoms with Gasteiger partial charge in [0.15, 0.2) is 5.82 Å². The molecular weight excluding hydrogens is 250 g/mol. The number of rotatable bonds is 2. The van der Waals surface area contributed by atoms with E-state index in [4.69, 9.17) is 16.3 Å². The summed E-state index contributed by atoms with van der Waals surface area (Å²) in [5.41, 5.74) is 3.02. The van der Waals surface area contributed by atoms with Crippen LogP contribution in [0.1, 0.15) is 17.7 Å². The fourth-order valence-electron chi connectivity index (χ4n) is 2.15. The van der Waals surface area contributed by atoms with E-state index in [0.717, 1.165) is 36.1 Å². The normalized spacial score (nSPS) is 13.4. The highest BCUT2D eigenvalue weighted by atomic mass is 35.5. The minimum Gasteiger partial charge on any atom is -0.481 e. The number of fused-ring (bicyclic) bond motifs is 1. The fraction of sp³-hybridized carbons (Fsp3) is 0.308. The molecule has 4 nitrogen and oxygen atoms in total. The minimum atomic E-state index is 0.573. The van der Waals surface area contributed by atoms with Gasteiger partial charge < -0.3 is 4.74 Å². The molecule has 0 fully saturated rings. The van der Waals surface area contributed by atoms with Gasteiger partial charge in [0, 0.05) is 29.1 Å². The monoisotopic (exact) mass is 261 g/mol. The summed E-state index contributed by atoms with van der Waals surface area (Å²) in [7, 11) is 1.59. The highest BCUT2D eigenvalue weighted by molar-refractivity contribution is 6.30. The summed E-state index contributed by atoms with van der Waals surface area (Å²) in [5.74, 6) is 1.21. The maximum atomic E-state index is 6.19. The van der Waals surface area contributed by atoms with Gasteiger partial charge in [-0.2, -0.15) is 0 Å². The number of pyridine rings is 1. The molecule has 3 rings (SSSR count). The average Bonchev–Trinajstić information content (AvgIpc) is 2.88. The van der Waals surface area contributed by atoms with Crippen LogP contribution < -0.4 is 4.74 Å². The van der Waals surface area contributed by atoms with E-state index in [1.807, 2.05) is 6.07 Å². The molecule has 0 saturated carbocycles. The Morgan fingerprint density at radius 2 is 2.11 bits per heavy atom. The lowest BCUT2D eigenvalue weighted by atomic mass is 10.2. The third-order valence-electron chi connectivity index (χ3n) is 3.09. The summed E-state index contributed by atoms with van der Waals surface area (Å²) in [6.07, 6.45) is 4.77. The quantitative estimate of drug-likeness (QED) is 0.780. The van der Waals surface area contributed by atoms with Gasteiger partial charge in [0.1, 0.15) is 5.15 Å². The molecular formula is C13H12ClN3O. The van der Waals surface area contributed by atoms with Crippen molar-refractivity contribution in [3.05, 3.63) is 34.7 Å². The fourth-order valence-corrected chi connectivity index (χ4v) is 2.43. The smallest absolute Gasteiger partial charge is 0.212 e. The first-order chi connectivity index (χ1) is 8.78. The molecule has 0 atom stereocenters. The van der Waals surface area contributed by atoms with Crippen molar-refractivity contribution >= 4 is 11.6 Å². The number of methoxy groups -OCH3 is 1. The Morgan fingerprint density at radius 3 is 2.83 bits per heavy atom. The van der Waals surface area contributed by atoms with Crippen molar-refractivity contribution in [2.45, 2.75) is 19.3 Å². The van der Waals surface area contributed by atoms with E-state index >= 15 is 0 Å². The largest absolute Gasteiger partial charge is 0.481 e. The Bertz CT molecular complexity index is 584. The zero-order chi connectivity index (χ0) is 12.5. The van der Waals surface area contributed by atoms with Crippen LogP contribution in [-0.2, 0) is 12.8 Å². The molecule has 2 heterocycles. The van der Waals surface area contributed by atoms with Crippen LogP contribution in [0.3, 0.4) is 0 Å². The maximum Gasteiger partial charge on any atom is 0.212 e. The Kier molecular flexibility index (Phi) is 2.88. The topological polar surface area (TPSA) is 47.9 Å². The Hall–Kier alpha value is -1.68. The van der Waals surface area contributed by atoms with Gasteiger partial charge in [-0.3, -0.25) is 0 Å². The van der Waals surface area contributed by atoms with Gasteiger partial charge in [-0.1, -0.05) is 11.6 Å². The van der Waals surface area contributed by atoms with E-state index in [9.17, 15) is 0 Å². The molecule has 0 spiro atoms. The van der Waals surface area contributed by atoms with Gasteiger partial charge in [0.2, 0.25) is 5.88 Å². The third kappa shape index (κ3) is 1.93. The lowest BCUT2D eigenvalue weighted by Crippen LogP contribution is -1.98. The third-order valence-corrected chi connectivity index (χ3v) is 3.40. The molecule has 0 bridgehead atoms. The molecule has 0 unspecified atom stereocenters. The minimum absolute atomic E-state index is 0.573. The Morgan fingerprint density at radius 1 is 1.22 bits per heavy atom. The second-order valence-electron chi connectivity index (χ2n) is 4.21. The lowest BCUT2D eigenvalue weighted by Gasteiger charge is -2.06. The highest BCUT2D eigenvalue weighted by Crippen LogP contribution is 2.28. The molecule has 1 aliphatic rings. The SMILES string of the molecule is COc1ccc(-c2nc(Cl)c3c(n2)CCC3)cn1. The number of hydrogen-bond acceptors (Lipinski definition) is 4. The highest BCUT2D eigenvalue weighted by Gasteiger charge is 2.18. The van der Waals surface area contributed by atoms with Crippen LogP contribution in [0.2, 0.25) is 5.15 Å². The maximum absolute atomic E-state index is 6.19. The molecule has 0 N–H and O–H groups in total. The van der Waals surface area contributed by atoms with E-state index in [0.29, 0.717) is 16.9 Å². The van der Waals surface area contributed by atoms with Gasteiger partial charge >= 0.3 is 0 Å². The van der Waals surface area contributed by atoms with Crippen molar-refractivity contribution in [1.29, 1.82) is 0 Å². The first kappa shape index (κ1) is 11.4. The second-order valence-corrected chi connectivity index (χ2v) is 4.56. The molecule has 18 heavy (non-hydrogen) atoms. The van der Waals surface area contributed by atoms with E-state index in [-0.39, 0.29) is 0 Å². The summed E-state index contributed by atoms with van der Waals surface area (Å²) in [6, 6.07) is 3.68. The summed E-state index contributed by atoms with van der Waals surface area (Å²) in [4.78, 5) is 13.1. The first-order valence-electron chi connectivity index (χ1n) is 5.83. The van der Waals surface area contributed by atoms with Gasteiger partial charge in [0.05, 0.1) is 7.11 Å². The predicted molar refractivity (Wildman–Crippen MR) is 68.9 cm³/mol. The molecule has 92 valence electrons. The molecule has 2 aromatic heterocycles. The van der Waals surface area contributed by atoms with Gasteiger partial charge in [-0.15, -0.1) is 0 Å². The van der Waals surface area contributed by atoms with Gasteiger partial charge in [-0.25, -0.2) is 15.0 Å². The van der Waals surface area contributed by atoms with Crippen LogP contribution >= 0.6 is 11.6 Å². The van der Waals surface area contributed by atoms with Crippen molar-refractivity contribution in [3.8, 4) is 17.3 Å². The first-order valence-corrected chi connectivity index (χ1v) is 6.21. The van der Waals surface area contributed by atoms with E-state index in [2.05, 4.69) is 15.0 Å². The average molecular weight is 262 g/mol. The molecule has 0 aromatic carbocycles. The molecule has 0 aliphatic heterocycles. The van der Waals surface area contributed by atoms with Crippen LogP contribution in [0.5, 0.6) is 5.88 Å². The molecule has 0 amide bonds. The van der Waals surface area contributed by atoms with Gasteiger partial charge in [0.25, 0.3) is 0 Å². The number of halogens is 1. The summed E-state index contributed by atoms with van der Waals surface area (Å²) in [5, 5.41) is 0.573. The lowest BCUT2D eigenvalue weighted by molar-refractivity contribution is 0.398. The van der Waals surface area contributed by atoms with Crippen LogP contribution in [0.15, 0.2) is 18.3 Å². The van der Waals surface area contributed by atoms with Crippen molar-refractivity contribution in [2.24, 2.45) is 0 Å². The van der Waals surface area contributed by atoms with E-state index in [1.165, 1.54) is 0 Å².